The number of halogens is 3. The Labute approximate surface area is 90.4 Å². The zero-order valence-electron chi connectivity index (χ0n) is 9.82. The molecule has 0 spiro atoms. The monoisotopic (exact) mass is 225 g/mol. The summed E-state index contributed by atoms with van der Waals surface area (Å²) in [4.78, 5) is 0. The van der Waals surface area contributed by atoms with Gasteiger partial charge >= 0.3 is 6.18 Å². The molecular weight excluding hydrogens is 203 g/mol. The van der Waals surface area contributed by atoms with Crippen LogP contribution in [0.4, 0.5) is 13.2 Å². The van der Waals surface area contributed by atoms with E-state index < -0.39 is 12.6 Å². The second-order valence-corrected chi connectivity index (χ2v) is 4.23. The molecule has 92 valence electrons. The first-order chi connectivity index (χ1) is 6.87. The minimum Gasteiger partial charge on any atom is -0.314 e. The lowest BCUT2D eigenvalue weighted by atomic mass is 9.97. The highest BCUT2D eigenvalue weighted by molar-refractivity contribution is 4.68. The quantitative estimate of drug-likeness (QED) is 0.696. The summed E-state index contributed by atoms with van der Waals surface area (Å²) in [6.07, 6.45) is -2.72. The molecular formula is C11H22F3N. The first kappa shape index (κ1) is 14.8. The van der Waals surface area contributed by atoms with Crippen molar-refractivity contribution in [3.05, 3.63) is 0 Å². The fraction of sp³-hybridized carbons (Fsp3) is 1.00. The normalized spacial score (nSPS) is 16.4. The van der Waals surface area contributed by atoms with Crippen LogP contribution in [0.2, 0.25) is 0 Å². The fourth-order valence-corrected chi connectivity index (χ4v) is 1.45. The molecule has 1 N–H and O–H groups in total. The van der Waals surface area contributed by atoms with Crippen molar-refractivity contribution in [1.82, 2.24) is 5.32 Å². The molecule has 0 aliphatic carbocycles. The zero-order valence-corrected chi connectivity index (χ0v) is 9.82. The molecule has 0 rings (SSSR count). The highest BCUT2D eigenvalue weighted by atomic mass is 19.4. The maximum atomic E-state index is 11.9. The van der Waals surface area contributed by atoms with E-state index in [2.05, 4.69) is 12.2 Å². The molecule has 2 atom stereocenters. The van der Waals surface area contributed by atoms with E-state index in [1.165, 1.54) is 0 Å². The minimum absolute atomic E-state index is 0.239. The van der Waals surface area contributed by atoms with Gasteiger partial charge in [-0.1, -0.05) is 13.8 Å². The highest BCUT2D eigenvalue weighted by Gasteiger charge is 2.26. The average Bonchev–Trinajstić information content (AvgIpc) is 2.11. The van der Waals surface area contributed by atoms with Crippen LogP contribution in [0, 0.1) is 5.92 Å². The third-order valence-electron chi connectivity index (χ3n) is 2.69. The summed E-state index contributed by atoms with van der Waals surface area (Å²) in [5.74, 6) is 0.305. The first-order valence-electron chi connectivity index (χ1n) is 5.67. The van der Waals surface area contributed by atoms with Crippen LogP contribution >= 0.6 is 0 Å². The van der Waals surface area contributed by atoms with Crippen LogP contribution in [0.15, 0.2) is 0 Å². The predicted molar refractivity (Wildman–Crippen MR) is 56.8 cm³/mol. The van der Waals surface area contributed by atoms with Crippen LogP contribution in [-0.4, -0.2) is 18.8 Å². The van der Waals surface area contributed by atoms with Gasteiger partial charge in [0, 0.05) is 12.5 Å². The van der Waals surface area contributed by atoms with Crippen molar-refractivity contribution in [2.75, 3.05) is 6.54 Å². The van der Waals surface area contributed by atoms with Crippen LogP contribution in [0.5, 0.6) is 0 Å². The number of hydrogen-bond acceptors (Lipinski definition) is 1. The summed E-state index contributed by atoms with van der Waals surface area (Å²) in [5.41, 5.74) is 0. The van der Waals surface area contributed by atoms with E-state index >= 15 is 0 Å². The molecule has 0 aromatic rings. The molecule has 0 aromatic heterocycles. The summed E-state index contributed by atoms with van der Waals surface area (Å²) in [5, 5.41) is 3.30. The summed E-state index contributed by atoms with van der Waals surface area (Å²) >= 11 is 0. The molecule has 0 aliphatic rings. The molecule has 0 amide bonds. The molecule has 0 aliphatic heterocycles. The smallest absolute Gasteiger partial charge is 0.314 e. The lowest BCUT2D eigenvalue weighted by Gasteiger charge is -2.21. The minimum atomic E-state index is -4.00. The molecule has 4 heteroatoms. The molecule has 0 radical (unpaired) electrons. The van der Waals surface area contributed by atoms with Crippen molar-refractivity contribution < 1.29 is 13.2 Å². The molecule has 15 heavy (non-hydrogen) atoms. The molecule has 0 bridgehead atoms. The van der Waals surface area contributed by atoms with E-state index in [1.807, 2.05) is 13.8 Å². The summed E-state index contributed by atoms with van der Waals surface area (Å²) in [6, 6.07) is 0.304. The van der Waals surface area contributed by atoms with Gasteiger partial charge in [-0.2, -0.15) is 13.2 Å². The van der Waals surface area contributed by atoms with Gasteiger partial charge in [-0.15, -0.1) is 0 Å². The Hall–Kier alpha value is -0.250. The summed E-state index contributed by atoms with van der Waals surface area (Å²) in [7, 11) is 0. The van der Waals surface area contributed by atoms with Crippen LogP contribution < -0.4 is 5.32 Å². The molecule has 0 saturated carbocycles. The number of rotatable bonds is 7. The Morgan fingerprint density at radius 1 is 1.20 bits per heavy atom. The van der Waals surface area contributed by atoms with Gasteiger partial charge in [0.1, 0.15) is 0 Å². The van der Waals surface area contributed by atoms with E-state index in [9.17, 15) is 13.2 Å². The van der Waals surface area contributed by atoms with Gasteiger partial charge in [0.2, 0.25) is 0 Å². The number of hydrogen-bond donors (Lipinski definition) is 1. The Balaban J connectivity index is 3.59. The number of alkyl halides is 3. The van der Waals surface area contributed by atoms with Crippen LogP contribution in [0.1, 0.15) is 46.5 Å². The van der Waals surface area contributed by atoms with Crippen molar-refractivity contribution in [1.29, 1.82) is 0 Å². The lowest BCUT2D eigenvalue weighted by molar-refractivity contribution is -0.136. The standard InChI is InChI=1S/C11H22F3N/c1-4-8-15-10(3)9(2)6-5-7-11(12,13)14/h9-10,15H,4-8H2,1-3H3. The third-order valence-corrected chi connectivity index (χ3v) is 2.69. The first-order valence-corrected chi connectivity index (χ1v) is 5.67. The fourth-order valence-electron chi connectivity index (χ4n) is 1.45. The third kappa shape index (κ3) is 8.73. The van der Waals surface area contributed by atoms with Gasteiger partial charge in [0.15, 0.2) is 0 Å². The van der Waals surface area contributed by atoms with Crippen molar-refractivity contribution >= 4 is 0 Å². The van der Waals surface area contributed by atoms with Crippen LogP contribution in [0.3, 0.4) is 0 Å². The average molecular weight is 225 g/mol. The van der Waals surface area contributed by atoms with Gasteiger partial charge in [0.25, 0.3) is 0 Å². The molecule has 0 aromatic carbocycles. The molecule has 0 fully saturated rings. The van der Waals surface area contributed by atoms with Crippen molar-refractivity contribution in [2.24, 2.45) is 5.92 Å². The largest absolute Gasteiger partial charge is 0.389 e. The van der Waals surface area contributed by atoms with E-state index in [0.717, 1.165) is 13.0 Å². The predicted octanol–water partition coefficient (Wildman–Crippen LogP) is 3.74. The van der Waals surface area contributed by atoms with Gasteiger partial charge < -0.3 is 5.32 Å². The van der Waals surface area contributed by atoms with Gasteiger partial charge in [0.05, 0.1) is 0 Å². The van der Waals surface area contributed by atoms with Gasteiger partial charge in [-0.25, -0.2) is 0 Å². The second kappa shape index (κ2) is 7.09. The van der Waals surface area contributed by atoms with E-state index in [0.29, 0.717) is 18.4 Å². The summed E-state index contributed by atoms with van der Waals surface area (Å²) < 4.78 is 35.7. The van der Waals surface area contributed by atoms with Crippen LogP contribution in [-0.2, 0) is 0 Å². The molecule has 1 nitrogen and oxygen atoms in total. The molecule has 0 heterocycles. The second-order valence-electron chi connectivity index (χ2n) is 4.23. The summed E-state index contributed by atoms with van der Waals surface area (Å²) in [6.45, 7) is 7.05. The van der Waals surface area contributed by atoms with Crippen molar-refractivity contribution in [3.63, 3.8) is 0 Å². The maximum absolute atomic E-state index is 11.9. The van der Waals surface area contributed by atoms with Gasteiger partial charge in [-0.05, 0) is 38.6 Å². The number of nitrogens with one attached hydrogen (secondary N) is 1. The highest BCUT2D eigenvalue weighted by Crippen LogP contribution is 2.24. The Morgan fingerprint density at radius 3 is 2.27 bits per heavy atom. The van der Waals surface area contributed by atoms with Crippen molar-refractivity contribution in [3.8, 4) is 0 Å². The Morgan fingerprint density at radius 2 is 1.80 bits per heavy atom. The van der Waals surface area contributed by atoms with E-state index in [1.54, 1.807) is 0 Å². The Kier molecular flexibility index (Phi) is 6.98. The lowest BCUT2D eigenvalue weighted by Crippen LogP contribution is -2.32. The van der Waals surface area contributed by atoms with Gasteiger partial charge in [-0.3, -0.25) is 0 Å². The Bertz CT molecular complexity index is 156. The molecule has 2 unspecified atom stereocenters. The van der Waals surface area contributed by atoms with Crippen molar-refractivity contribution in [2.45, 2.75) is 58.7 Å². The maximum Gasteiger partial charge on any atom is 0.389 e. The zero-order chi connectivity index (χ0) is 11.9. The topological polar surface area (TPSA) is 12.0 Å². The van der Waals surface area contributed by atoms with E-state index in [4.69, 9.17) is 0 Å². The van der Waals surface area contributed by atoms with Crippen LogP contribution in [0.25, 0.3) is 0 Å². The SMILES string of the molecule is CCCNC(C)C(C)CCCC(F)(F)F. The van der Waals surface area contributed by atoms with E-state index in [-0.39, 0.29) is 6.42 Å². The molecule has 0 saturated heterocycles.